The number of carbonyl (C=O) groups excluding carboxylic acids is 1. The number of quaternary nitrogens is 1. The van der Waals surface area contributed by atoms with Crippen molar-refractivity contribution < 1.29 is 32.9 Å². The van der Waals surface area contributed by atoms with Gasteiger partial charge in [0.25, 0.3) is 0 Å². The van der Waals surface area contributed by atoms with Gasteiger partial charge < -0.3 is 19.8 Å². The second-order valence-corrected chi connectivity index (χ2v) is 14.3. The maximum Gasteiger partial charge on any atom is 0.472 e. The minimum absolute atomic E-state index is 0.0527. The lowest BCUT2D eigenvalue weighted by Crippen LogP contribution is -2.45. The molecule has 0 aliphatic heterocycles. The summed E-state index contributed by atoms with van der Waals surface area (Å²) in [5.74, 6) is -0.210. The van der Waals surface area contributed by atoms with Crippen LogP contribution in [0.25, 0.3) is 0 Å². The third kappa shape index (κ3) is 30.8. The predicted octanol–water partition coefficient (Wildman–Crippen LogP) is 8.73. The van der Waals surface area contributed by atoms with Gasteiger partial charge in [0.15, 0.2) is 0 Å². The van der Waals surface area contributed by atoms with Crippen LogP contribution < -0.4 is 5.32 Å². The molecule has 8 nitrogen and oxygen atoms in total. The average Bonchev–Trinajstić information content (AvgIpc) is 2.99. The Labute approximate surface area is 281 Å². The van der Waals surface area contributed by atoms with E-state index in [0.717, 1.165) is 77.0 Å². The molecule has 1 amide bonds. The second kappa shape index (κ2) is 29.3. The number of amides is 1. The molecule has 0 aliphatic rings. The Morgan fingerprint density at radius 1 is 0.761 bits per heavy atom. The van der Waals surface area contributed by atoms with Gasteiger partial charge in [0.05, 0.1) is 39.9 Å². The molecule has 0 heterocycles. The zero-order chi connectivity index (χ0) is 34.4. The van der Waals surface area contributed by atoms with Crippen LogP contribution in [0.1, 0.15) is 117 Å². The third-order valence-electron chi connectivity index (χ3n) is 7.24. The van der Waals surface area contributed by atoms with Crippen LogP contribution >= 0.6 is 7.82 Å². The third-order valence-corrected chi connectivity index (χ3v) is 8.23. The van der Waals surface area contributed by atoms with Gasteiger partial charge >= 0.3 is 7.82 Å². The van der Waals surface area contributed by atoms with Gasteiger partial charge in [0, 0.05) is 6.42 Å². The molecule has 46 heavy (non-hydrogen) atoms. The molecular formula is C37H68N2O6P+. The molecule has 0 radical (unpaired) electrons. The fraction of sp³-hybridized carbons (Fsp3) is 0.703. The quantitative estimate of drug-likeness (QED) is 0.0306. The minimum Gasteiger partial charge on any atom is -0.387 e. The van der Waals surface area contributed by atoms with E-state index in [0.29, 0.717) is 17.4 Å². The molecule has 0 aromatic carbocycles. The number of nitrogens with one attached hydrogen (secondary N) is 1. The van der Waals surface area contributed by atoms with Crippen LogP contribution in [0, 0.1) is 0 Å². The first-order valence-electron chi connectivity index (χ1n) is 17.7. The number of phosphoric ester groups is 1. The number of aliphatic hydroxyl groups excluding tert-OH is 1. The number of hydrogen-bond acceptors (Lipinski definition) is 5. The summed E-state index contributed by atoms with van der Waals surface area (Å²) < 4.78 is 23.3. The molecule has 266 valence electrons. The molecule has 0 aromatic rings. The summed E-state index contributed by atoms with van der Waals surface area (Å²) in [6, 6.07) is -0.857. The van der Waals surface area contributed by atoms with Crippen LogP contribution in [0.4, 0.5) is 0 Å². The lowest BCUT2D eigenvalue weighted by molar-refractivity contribution is -0.870. The van der Waals surface area contributed by atoms with Crippen LogP contribution in [-0.2, 0) is 18.4 Å². The van der Waals surface area contributed by atoms with E-state index in [-0.39, 0.29) is 19.1 Å². The Balaban J connectivity index is 4.51. The Kier molecular flexibility index (Phi) is 28.2. The fourth-order valence-electron chi connectivity index (χ4n) is 4.38. The number of phosphoric acid groups is 1. The molecule has 3 unspecified atom stereocenters. The summed E-state index contributed by atoms with van der Waals surface area (Å²) in [5, 5.41) is 13.6. The monoisotopic (exact) mass is 667 g/mol. The smallest absolute Gasteiger partial charge is 0.387 e. The molecular weight excluding hydrogens is 599 g/mol. The normalized spacial score (nSPS) is 15.5. The van der Waals surface area contributed by atoms with E-state index in [1.54, 1.807) is 6.08 Å². The van der Waals surface area contributed by atoms with Gasteiger partial charge in [-0.2, -0.15) is 0 Å². The highest BCUT2D eigenvalue weighted by Gasteiger charge is 2.27. The molecule has 0 saturated heterocycles. The number of allylic oxidation sites excluding steroid dienone is 9. The Morgan fingerprint density at radius 2 is 1.30 bits per heavy atom. The molecule has 0 spiro atoms. The van der Waals surface area contributed by atoms with Crippen LogP contribution in [-0.4, -0.2) is 73.4 Å². The van der Waals surface area contributed by atoms with E-state index in [2.05, 4.69) is 67.8 Å². The SMILES string of the molecule is CC/C=C\C/C=C\C/C=C\C/C=C\CCCCCCC(=O)NC(COP(=O)(O)OCC[N+](C)(C)C)C(O)/C=C/CCCCCCC. The highest BCUT2D eigenvalue weighted by Crippen LogP contribution is 2.43. The summed E-state index contributed by atoms with van der Waals surface area (Å²) in [4.78, 5) is 22.8. The van der Waals surface area contributed by atoms with E-state index in [4.69, 9.17) is 9.05 Å². The Bertz CT molecular complexity index is 939. The van der Waals surface area contributed by atoms with Crippen molar-refractivity contribution in [1.29, 1.82) is 0 Å². The molecule has 3 N–H and O–H groups in total. The summed E-state index contributed by atoms with van der Waals surface area (Å²) >= 11 is 0. The van der Waals surface area contributed by atoms with Gasteiger partial charge in [-0.3, -0.25) is 13.8 Å². The van der Waals surface area contributed by atoms with Crippen LogP contribution in [0.5, 0.6) is 0 Å². The van der Waals surface area contributed by atoms with Gasteiger partial charge in [0.2, 0.25) is 5.91 Å². The number of aliphatic hydroxyl groups is 1. The number of rotatable bonds is 30. The summed E-state index contributed by atoms with van der Waals surface area (Å²) in [7, 11) is 1.54. The largest absolute Gasteiger partial charge is 0.472 e. The molecule has 0 fully saturated rings. The molecule has 9 heteroatoms. The topological polar surface area (TPSA) is 105 Å². The zero-order valence-corrected chi connectivity index (χ0v) is 30.7. The second-order valence-electron chi connectivity index (χ2n) is 12.9. The molecule has 0 bridgehead atoms. The van der Waals surface area contributed by atoms with Crippen LogP contribution in [0.3, 0.4) is 0 Å². The van der Waals surface area contributed by atoms with Crippen molar-refractivity contribution in [2.75, 3.05) is 40.9 Å². The van der Waals surface area contributed by atoms with Gasteiger partial charge in [-0.05, 0) is 57.8 Å². The van der Waals surface area contributed by atoms with Crippen LogP contribution in [0.2, 0.25) is 0 Å². The van der Waals surface area contributed by atoms with Gasteiger partial charge in [0.1, 0.15) is 13.2 Å². The van der Waals surface area contributed by atoms with Crippen molar-refractivity contribution in [3.8, 4) is 0 Å². The lowest BCUT2D eigenvalue weighted by Gasteiger charge is -2.25. The predicted molar refractivity (Wildman–Crippen MR) is 193 cm³/mol. The molecule has 0 aliphatic carbocycles. The summed E-state index contributed by atoms with van der Waals surface area (Å²) in [6.07, 6.45) is 35.9. The first-order chi connectivity index (χ1) is 22.0. The minimum atomic E-state index is -4.33. The zero-order valence-electron chi connectivity index (χ0n) is 29.8. The highest BCUT2D eigenvalue weighted by molar-refractivity contribution is 7.47. The van der Waals surface area contributed by atoms with E-state index in [1.807, 2.05) is 27.2 Å². The van der Waals surface area contributed by atoms with E-state index in [9.17, 15) is 19.4 Å². The van der Waals surface area contributed by atoms with Crippen molar-refractivity contribution in [2.45, 2.75) is 129 Å². The van der Waals surface area contributed by atoms with E-state index in [1.165, 1.54) is 19.3 Å². The highest BCUT2D eigenvalue weighted by atomic mass is 31.2. The lowest BCUT2D eigenvalue weighted by atomic mass is 10.1. The van der Waals surface area contributed by atoms with Crippen molar-refractivity contribution in [1.82, 2.24) is 5.32 Å². The Hall–Kier alpha value is -1.80. The molecule has 3 atom stereocenters. The van der Waals surface area contributed by atoms with Crippen molar-refractivity contribution in [3.05, 3.63) is 60.8 Å². The number of nitrogens with zero attached hydrogens (tertiary/aromatic N) is 1. The van der Waals surface area contributed by atoms with E-state index >= 15 is 0 Å². The van der Waals surface area contributed by atoms with Gasteiger partial charge in [-0.15, -0.1) is 0 Å². The van der Waals surface area contributed by atoms with Gasteiger partial charge in [-0.25, -0.2) is 4.57 Å². The number of carbonyl (C=O) groups is 1. The molecule has 0 rings (SSSR count). The number of likely N-dealkylation sites (N-methyl/N-ethyl adjacent to an activating group) is 1. The Morgan fingerprint density at radius 3 is 1.89 bits per heavy atom. The van der Waals surface area contributed by atoms with Gasteiger partial charge in [-0.1, -0.05) is 113 Å². The first kappa shape index (κ1) is 44.2. The standard InChI is InChI=1S/C37H67N2O6P/c1-6-8-10-12-14-15-16-17-18-19-20-21-22-23-25-27-29-31-37(41)38-35(36(40)30-28-26-24-13-11-9-7-2)34-45-46(42,43)44-33-32-39(3,4)5/h8,10,14-15,17-18,20-21,28,30,35-36,40H,6-7,9,11-13,16,19,22-27,29,31-34H2,1-5H3,(H-,38,41,42,43)/p+1/b10-8-,15-14-,18-17-,21-20-,30-28+. The van der Waals surface area contributed by atoms with E-state index < -0.39 is 20.0 Å². The average molecular weight is 668 g/mol. The maximum absolute atomic E-state index is 12.7. The summed E-state index contributed by atoms with van der Waals surface area (Å²) in [5.41, 5.74) is 0. The number of unbranched alkanes of at least 4 members (excludes halogenated alkanes) is 9. The molecule has 0 saturated carbocycles. The van der Waals surface area contributed by atoms with Crippen molar-refractivity contribution in [2.24, 2.45) is 0 Å². The maximum atomic E-state index is 12.7. The van der Waals surface area contributed by atoms with Crippen molar-refractivity contribution in [3.63, 3.8) is 0 Å². The number of hydrogen-bond donors (Lipinski definition) is 3. The van der Waals surface area contributed by atoms with Crippen LogP contribution in [0.15, 0.2) is 60.8 Å². The van der Waals surface area contributed by atoms with Crippen molar-refractivity contribution >= 4 is 13.7 Å². The summed E-state index contributed by atoms with van der Waals surface area (Å²) in [6.45, 7) is 4.57. The first-order valence-corrected chi connectivity index (χ1v) is 19.2. The molecule has 0 aromatic heterocycles. The fourth-order valence-corrected chi connectivity index (χ4v) is 5.12.